The molecule has 0 radical (unpaired) electrons. The molecule has 0 amide bonds. The van der Waals surface area contributed by atoms with Crippen LogP contribution >= 0.6 is 0 Å². The number of methoxy groups -OCH3 is 1. The Labute approximate surface area is 116 Å². The highest BCUT2D eigenvalue weighted by atomic mass is 32.2. The second kappa shape index (κ2) is 6.31. The number of nitrogens with zero attached hydrogens (tertiary/aromatic N) is 1. The maximum atomic E-state index is 12.0. The van der Waals surface area contributed by atoms with Gasteiger partial charge in [0.2, 0.25) is 0 Å². The molecule has 1 heterocycles. The van der Waals surface area contributed by atoms with Crippen LogP contribution in [0.4, 0.5) is 0 Å². The normalized spacial score (nSPS) is 14.9. The molecule has 1 aromatic heterocycles. The molecule has 0 aliphatic carbocycles. The minimum atomic E-state index is -4.10. The molecule has 4 N–H and O–H groups in total. The summed E-state index contributed by atoms with van der Waals surface area (Å²) >= 11 is 0. The molecule has 0 fully saturated rings. The Morgan fingerprint density at radius 1 is 1.60 bits per heavy atom. The van der Waals surface area contributed by atoms with E-state index in [1.807, 2.05) is 0 Å². The highest BCUT2D eigenvalue weighted by Crippen LogP contribution is 2.14. The third-order valence-electron chi connectivity index (χ3n) is 2.59. The molecule has 20 heavy (non-hydrogen) atoms. The van der Waals surface area contributed by atoms with Crippen LogP contribution in [0.2, 0.25) is 0 Å². The molecule has 1 rings (SSSR count). The zero-order valence-electron chi connectivity index (χ0n) is 11.1. The predicted molar refractivity (Wildman–Crippen MR) is 67.9 cm³/mol. The number of nitrogens with one attached hydrogen (secondary N) is 2. The van der Waals surface area contributed by atoms with Crippen molar-refractivity contribution in [1.82, 2.24) is 14.9 Å². The number of aromatic amines is 1. The van der Waals surface area contributed by atoms with Gasteiger partial charge in [-0.05, 0) is 6.92 Å². The molecular formula is C10H17N3O6S. The van der Waals surface area contributed by atoms with Crippen LogP contribution in [0.1, 0.15) is 23.7 Å². The standard InChI is InChI=1S/C10H17N3O6S/c1-10(16,3-4-19-2)6-12-20(17,18)8-7(9(14)15)5-11-13-8/h5,12,16H,3-4,6H2,1-2H3,(H,11,13)(H,14,15). The SMILES string of the molecule is COCCC(C)(O)CNS(=O)(=O)c1[nH]ncc1C(=O)O. The summed E-state index contributed by atoms with van der Waals surface area (Å²) in [5.74, 6) is -1.41. The van der Waals surface area contributed by atoms with E-state index < -0.39 is 32.2 Å². The summed E-state index contributed by atoms with van der Waals surface area (Å²) in [6, 6.07) is 0. The van der Waals surface area contributed by atoms with Crippen LogP contribution in [0.5, 0.6) is 0 Å². The lowest BCUT2D eigenvalue weighted by molar-refractivity contribution is 0.0292. The van der Waals surface area contributed by atoms with Crippen LogP contribution in [0.25, 0.3) is 0 Å². The quantitative estimate of drug-likeness (QED) is 0.491. The third kappa shape index (κ3) is 4.27. The number of hydrogen-bond donors (Lipinski definition) is 4. The van der Waals surface area contributed by atoms with Gasteiger partial charge < -0.3 is 14.9 Å². The van der Waals surface area contributed by atoms with E-state index in [1.54, 1.807) is 0 Å². The largest absolute Gasteiger partial charge is 0.478 e. The molecule has 0 saturated heterocycles. The number of H-pyrrole nitrogens is 1. The highest BCUT2D eigenvalue weighted by Gasteiger charge is 2.28. The van der Waals surface area contributed by atoms with Crippen molar-refractivity contribution in [2.45, 2.75) is 24.0 Å². The molecule has 0 saturated carbocycles. The van der Waals surface area contributed by atoms with Crippen molar-refractivity contribution < 1.29 is 28.2 Å². The first-order valence-corrected chi connectivity index (χ1v) is 7.15. The average Bonchev–Trinajstić information content (AvgIpc) is 2.84. The summed E-state index contributed by atoms with van der Waals surface area (Å²) in [7, 11) is -2.64. The molecule has 0 aromatic carbocycles. The molecule has 10 heteroatoms. The zero-order chi connectivity index (χ0) is 15.4. The van der Waals surface area contributed by atoms with Crippen LogP contribution < -0.4 is 4.72 Å². The Balaban J connectivity index is 2.80. The first kappa shape index (κ1) is 16.6. The van der Waals surface area contributed by atoms with E-state index in [-0.39, 0.29) is 19.6 Å². The molecule has 9 nitrogen and oxygen atoms in total. The van der Waals surface area contributed by atoms with Gasteiger partial charge in [0.25, 0.3) is 10.0 Å². The zero-order valence-corrected chi connectivity index (χ0v) is 11.9. The number of hydrogen-bond acceptors (Lipinski definition) is 6. The van der Waals surface area contributed by atoms with E-state index in [0.717, 1.165) is 6.20 Å². The molecule has 0 aliphatic rings. The fraction of sp³-hybridized carbons (Fsp3) is 0.600. The average molecular weight is 307 g/mol. The first-order chi connectivity index (χ1) is 9.19. The van der Waals surface area contributed by atoms with Crippen molar-refractivity contribution in [2.24, 2.45) is 0 Å². The van der Waals surface area contributed by atoms with Crippen LogP contribution in [0.3, 0.4) is 0 Å². The Morgan fingerprint density at radius 3 is 2.80 bits per heavy atom. The van der Waals surface area contributed by atoms with E-state index in [9.17, 15) is 18.3 Å². The maximum absolute atomic E-state index is 12.0. The summed E-state index contributed by atoms with van der Waals surface area (Å²) in [4.78, 5) is 10.9. The number of carboxylic acids is 1. The lowest BCUT2D eigenvalue weighted by atomic mass is 10.0. The third-order valence-corrected chi connectivity index (χ3v) is 3.96. The van der Waals surface area contributed by atoms with Crippen molar-refractivity contribution in [3.63, 3.8) is 0 Å². The second-order valence-corrected chi connectivity index (χ2v) is 6.19. The molecule has 0 spiro atoms. The van der Waals surface area contributed by atoms with Gasteiger partial charge in [-0.1, -0.05) is 0 Å². The van der Waals surface area contributed by atoms with Crippen LogP contribution in [0.15, 0.2) is 11.2 Å². The van der Waals surface area contributed by atoms with Gasteiger partial charge in [0, 0.05) is 26.7 Å². The molecule has 114 valence electrons. The van der Waals surface area contributed by atoms with Crippen LogP contribution in [-0.2, 0) is 14.8 Å². The fourth-order valence-electron chi connectivity index (χ4n) is 1.36. The lowest BCUT2D eigenvalue weighted by Gasteiger charge is -2.22. The summed E-state index contributed by atoms with van der Waals surface area (Å²) in [5, 5.41) is 23.7. The Bertz CT molecular complexity index is 565. The molecular weight excluding hydrogens is 290 g/mol. The number of carboxylic acid groups (broad SMARTS) is 1. The van der Waals surface area contributed by atoms with Crippen molar-refractivity contribution in [2.75, 3.05) is 20.3 Å². The minimum Gasteiger partial charge on any atom is -0.478 e. The summed E-state index contributed by atoms with van der Waals surface area (Å²) in [6.07, 6.45) is 1.13. The lowest BCUT2D eigenvalue weighted by Crippen LogP contribution is -2.41. The van der Waals surface area contributed by atoms with E-state index >= 15 is 0 Å². The van der Waals surface area contributed by atoms with E-state index in [0.29, 0.717) is 0 Å². The fourth-order valence-corrected chi connectivity index (χ4v) is 2.61. The maximum Gasteiger partial charge on any atom is 0.340 e. The second-order valence-electron chi connectivity index (χ2n) is 4.48. The number of aromatic nitrogens is 2. The van der Waals surface area contributed by atoms with E-state index in [1.165, 1.54) is 14.0 Å². The molecule has 0 aliphatic heterocycles. The number of rotatable bonds is 8. The highest BCUT2D eigenvalue weighted by molar-refractivity contribution is 7.89. The van der Waals surface area contributed by atoms with Gasteiger partial charge in [0.05, 0.1) is 11.8 Å². The van der Waals surface area contributed by atoms with Crippen molar-refractivity contribution in [3.8, 4) is 0 Å². The summed E-state index contributed by atoms with van der Waals surface area (Å²) in [6.45, 7) is 1.43. The number of ether oxygens (including phenoxy) is 1. The topological polar surface area (TPSA) is 142 Å². The number of carbonyl (C=O) groups is 1. The van der Waals surface area contributed by atoms with Gasteiger partial charge >= 0.3 is 5.97 Å². The van der Waals surface area contributed by atoms with Gasteiger partial charge in [-0.2, -0.15) is 5.10 Å². The number of aliphatic hydroxyl groups is 1. The molecule has 1 atom stereocenters. The molecule has 1 aromatic rings. The van der Waals surface area contributed by atoms with Crippen LogP contribution in [-0.4, -0.2) is 60.7 Å². The van der Waals surface area contributed by atoms with Gasteiger partial charge in [-0.25, -0.2) is 17.9 Å². The number of aromatic carboxylic acids is 1. The van der Waals surface area contributed by atoms with Crippen molar-refractivity contribution >= 4 is 16.0 Å². The van der Waals surface area contributed by atoms with Gasteiger partial charge in [0.1, 0.15) is 5.56 Å². The van der Waals surface area contributed by atoms with Crippen LogP contribution in [0, 0.1) is 0 Å². The summed E-state index contributed by atoms with van der Waals surface area (Å²) < 4.78 is 30.8. The molecule has 0 bridgehead atoms. The van der Waals surface area contributed by atoms with Crippen molar-refractivity contribution in [3.05, 3.63) is 11.8 Å². The van der Waals surface area contributed by atoms with Gasteiger partial charge in [0.15, 0.2) is 5.03 Å². The summed E-state index contributed by atoms with van der Waals surface area (Å²) in [5.41, 5.74) is -1.78. The minimum absolute atomic E-state index is 0.223. The van der Waals surface area contributed by atoms with Crippen molar-refractivity contribution in [1.29, 1.82) is 0 Å². The Morgan fingerprint density at radius 2 is 2.25 bits per heavy atom. The Kier molecular flexibility index (Phi) is 5.22. The van der Waals surface area contributed by atoms with E-state index in [2.05, 4.69) is 14.9 Å². The number of sulfonamides is 1. The first-order valence-electron chi connectivity index (χ1n) is 5.67. The molecule has 1 unspecified atom stereocenters. The van der Waals surface area contributed by atoms with E-state index in [4.69, 9.17) is 9.84 Å². The Hall–Kier alpha value is -1.49. The monoisotopic (exact) mass is 307 g/mol. The predicted octanol–water partition coefficient (Wildman–Crippen LogP) is -0.826. The van der Waals surface area contributed by atoms with Gasteiger partial charge in [-0.15, -0.1) is 0 Å². The van der Waals surface area contributed by atoms with Gasteiger partial charge in [-0.3, -0.25) is 5.10 Å². The smallest absolute Gasteiger partial charge is 0.340 e.